The number of hydrogen-bond donors (Lipinski definition) is 1. The zero-order valence-electron chi connectivity index (χ0n) is 12.7. The Bertz CT molecular complexity index is 610. The number of nitro benzene ring substituents is 1. The van der Waals surface area contributed by atoms with E-state index >= 15 is 0 Å². The van der Waals surface area contributed by atoms with E-state index in [0.717, 1.165) is 6.07 Å². The van der Waals surface area contributed by atoms with Crippen molar-refractivity contribution in [3.8, 4) is 0 Å². The number of halogens is 1. The van der Waals surface area contributed by atoms with Gasteiger partial charge in [0.2, 0.25) is 0 Å². The molecule has 22 heavy (non-hydrogen) atoms. The molecular weight excluding hydrogens is 312 g/mol. The van der Waals surface area contributed by atoms with Gasteiger partial charge in [-0.1, -0.05) is 11.6 Å². The number of ether oxygens (including phenoxy) is 1. The lowest BCUT2D eigenvalue weighted by atomic mass is 10.1. The van der Waals surface area contributed by atoms with E-state index in [1.54, 1.807) is 20.8 Å². The van der Waals surface area contributed by atoms with E-state index in [2.05, 4.69) is 5.32 Å². The fourth-order valence-electron chi connectivity index (χ4n) is 1.53. The third-order valence-corrected chi connectivity index (χ3v) is 2.85. The molecule has 0 fully saturated rings. The first-order chi connectivity index (χ1) is 10.0. The lowest BCUT2D eigenvalue weighted by Gasteiger charge is -2.23. The molecule has 0 aliphatic carbocycles. The van der Waals surface area contributed by atoms with Crippen molar-refractivity contribution >= 4 is 29.2 Å². The van der Waals surface area contributed by atoms with Gasteiger partial charge in [0.1, 0.15) is 5.02 Å². The molecule has 0 aliphatic rings. The number of carbonyl (C=O) groups excluding carboxylic acids is 2. The second-order valence-corrected chi connectivity index (χ2v) is 6.12. The van der Waals surface area contributed by atoms with Crippen LogP contribution in [-0.4, -0.2) is 28.4 Å². The molecule has 1 aromatic carbocycles. The van der Waals surface area contributed by atoms with Crippen molar-refractivity contribution < 1.29 is 19.2 Å². The molecule has 0 saturated heterocycles. The van der Waals surface area contributed by atoms with Crippen LogP contribution in [-0.2, 0) is 9.53 Å². The molecule has 0 heterocycles. The molecule has 8 heteroatoms. The lowest BCUT2D eigenvalue weighted by molar-refractivity contribution is -0.384. The van der Waals surface area contributed by atoms with Gasteiger partial charge >= 0.3 is 5.97 Å². The number of benzene rings is 1. The van der Waals surface area contributed by atoms with Gasteiger partial charge in [-0.2, -0.15) is 0 Å². The van der Waals surface area contributed by atoms with E-state index < -0.39 is 34.1 Å². The van der Waals surface area contributed by atoms with E-state index in [1.807, 2.05) is 0 Å². The highest BCUT2D eigenvalue weighted by Crippen LogP contribution is 2.25. The van der Waals surface area contributed by atoms with Crippen LogP contribution < -0.4 is 5.32 Å². The zero-order valence-corrected chi connectivity index (χ0v) is 13.4. The monoisotopic (exact) mass is 328 g/mol. The summed E-state index contributed by atoms with van der Waals surface area (Å²) in [5, 5.41) is 13.4. The molecule has 0 aromatic heterocycles. The summed E-state index contributed by atoms with van der Waals surface area (Å²) in [6.45, 7) is 6.80. The predicted molar refractivity (Wildman–Crippen MR) is 80.9 cm³/mol. The summed E-state index contributed by atoms with van der Waals surface area (Å²) < 4.78 is 5.00. The molecule has 1 aromatic rings. The summed E-state index contributed by atoms with van der Waals surface area (Å²) >= 11 is 5.67. The summed E-state index contributed by atoms with van der Waals surface area (Å²) in [5.74, 6) is -1.29. The minimum Gasteiger partial charge on any atom is -0.449 e. The number of nitrogens with one attached hydrogen (secondary N) is 1. The first kappa shape index (κ1) is 17.9. The van der Waals surface area contributed by atoms with E-state index in [-0.39, 0.29) is 10.6 Å². The molecule has 120 valence electrons. The Hall–Kier alpha value is -2.15. The van der Waals surface area contributed by atoms with Crippen LogP contribution in [0, 0.1) is 10.1 Å². The highest BCUT2D eigenvalue weighted by molar-refractivity contribution is 6.32. The third-order valence-electron chi connectivity index (χ3n) is 2.53. The SMILES string of the molecule is CC(OC(=O)c1ccc(Cl)c([N+](=O)[O-])c1)C(=O)NC(C)(C)C. The molecule has 7 nitrogen and oxygen atoms in total. The minimum atomic E-state index is -1.03. The topological polar surface area (TPSA) is 98.5 Å². The van der Waals surface area contributed by atoms with Gasteiger partial charge in [0.05, 0.1) is 10.5 Å². The first-order valence-electron chi connectivity index (χ1n) is 6.48. The van der Waals surface area contributed by atoms with Gasteiger partial charge in [-0.3, -0.25) is 14.9 Å². The average molecular weight is 329 g/mol. The second-order valence-electron chi connectivity index (χ2n) is 5.71. The van der Waals surface area contributed by atoms with Crippen molar-refractivity contribution in [1.29, 1.82) is 0 Å². The summed E-state index contributed by atoms with van der Waals surface area (Å²) in [7, 11) is 0. The zero-order chi connectivity index (χ0) is 17.1. The molecule has 1 N–H and O–H groups in total. The van der Waals surface area contributed by atoms with Crippen LogP contribution >= 0.6 is 11.6 Å². The molecule has 1 rings (SSSR count). The largest absolute Gasteiger partial charge is 0.449 e. The fraction of sp³-hybridized carbons (Fsp3) is 0.429. The molecule has 1 atom stereocenters. The number of hydrogen-bond acceptors (Lipinski definition) is 5. The highest BCUT2D eigenvalue weighted by Gasteiger charge is 2.24. The Labute approximate surface area is 132 Å². The van der Waals surface area contributed by atoms with E-state index in [0.29, 0.717) is 0 Å². The summed E-state index contributed by atoms with van der Waals surface area (Å²) in [6, 6.07) is 3.54. The third kappa shape index (κ3) is 5.00. The smallest absolute Gasteiger partial charge is 0.339 e. The molecule has 0 aliphatic heterocycles. The Morgan fingerprint density at radius 1 is 1.36 bits per heavy atom. The first-order valence-corrected chi connectivity index (χ1v) is 6.86. The summed E-state index contributed by atoms with van der Waals surface area (Å²) in [5.41, 5.74) is -0.911. The Morgan fingerprint density at radius 3 is 2.45 bits per heavy atom. The maximum atomic E-state index is 11.9. The van der Waals surface area contributed by atoms with Crippen molar-refractivity contribution in [2.24, 2.45) is 0 Å². The van der Waals surface area contributed by atoms with Crippen LogP contribution in [0.25, 0.3) is 0 Å². The Kier molecular flexibility index (Phi) is 5.48. The molecule has 1 unspecified atom stereocenters. The average Bonchev–Trinajstić information content (AvgIpc) is 2.36. The van der Waals surface area contributed by atoms with Crippen molar-refractivity contribution in [2.75, 3.05) is 0 Å². The maximum absolute atomic E-state index is 11.9. The maximum Gasteiger partial charge on any atom is 0.339 e. The van der Waals surface area contributed by atoms with Gasteiger partial charge in [0.15, 0.2) is 6.10 Å². The standard InChI is InChI=1S/C14H17ClN2O5/c1-8(12(18)16-14(2,3)4)22-13(19)9-5-6-10(15)11(7-9)17(20)21/h5-8H,1-4H3,(H,16,18). The van der Waals surface area contributed by atoms with E-state index in [9.17, 15) is 19.7 Å². The number of rotatable bonds is 4. The van der Waals surface area contributed by atoms with Crippen LogP contribution in [0.3, 0.4) is 0 Å². The Morgan fingerprint density at radius 2 is 1.95 bits per heavy atom. The normalized spacial score (nSPS) is 12.4. The Balaban J connectivity index is 2.83. The van der Waals surface area contributed by atoms with Gasteiger partial charge in [0, 0.05) is 11.6 Å². The van der Waals surface area contributed by atoms with Gasteiger partial charge in [-0.15, -0.1) is 0 Å². The lowest BCUT2D eigenvalue weighted by Crippen LogP contribution is -2.46. The summed E-state index contributed by atoms with van der Waals surface area (Å²) in [6.07, 6.45) is -1.03. The summed E-state index contributed by atoms with van der Waals surface area (Å²) in [4.78, 5) is 33.9. The fourth-order valence-corrected chi connectivity index (χ4v) is 1.72. The van der Waals surface area contributed by atoms with Crippen LogP contribution in [0.1, 0.15) is 38.1 Å². The van der Waals surface area contributed by atoms with E-state index in [1.165, 1.54) is 19.1 Å². The molecule has 0 bridgehead atoms. The second kappa shape index (κ2) is 6.74. The van der Waals surface area contributed by atoms with Crippen LogP contribution in [0.2, 0.25) is 5.02 Å². The van der Waals surface area contributed by atoms with Crippen LogP contribution in [0.15, 0.2) is 18.2 Å². The number of amides is 1. The van der Waals surface area contributed by atoms with Crippen LogP contribution in [0.5, 0.6) is 0 Å². The number of esters is 1. The minimum absolute atomic E-state index is 0.0495. The number of carbonyl (C=O) groups is 2. The van der Waals surface area contributed by atoms with Gasteiger partial charge in [-0.25, -0.2) is 4.79 Å². The van der Waals surface area contributed by atoms with Gasteiger partial charge < -0.3 is 10.1 Å². The number of nitrogens with zero attached hydrogens (tertiary/aromatic N) is 1. The highest BCUT2D eigenvalue weighted by atomic mass is 35.5. The molecule has 0 saturated carbocycles. The predicted octanol–water partition coefficient (Wildman–Crippen LogP) is 2.71. The van der Waals surface area contributed by atoms with Crippen molar-refractivity contribution in [1.82, 2.24) is 5.32 Å². The van der Waals surface area contributed by atoms with E-state index in [4.69, 9.17) is 16.3 Å². The van der Waals surface area contributed by atoms with Crippen molar-refractivity contribution in [2.45, 2.75) is 39.3 Å². The number of nitro groups is 1. The van der Waals surface area contributed by atoms with Gasteiger partial charge in [0.25, 0.3) is 11.6 Å². The molecule has 0 spiro atoms. The van der Waals surface area contributed by atoms with Crippen molar-refractivity contribution in [3.63, 3.8) is 0 Å². The van der Waals surface area contributed by atoms with Crippen LogP contribution in [0.4, 0.5) is 5.69 Å². The van der Waals surface area contributed by atoms with Crippen molar-refractivity contribution in [3.05, 3.63) is 38.9 Å². The quantitative estimate of drug-likeness (QED) is 0.520. The molecule has 0 radical (unpaired) electrons. The molecule has 1 amide bonds. The van der Waals surface area contributed by atoms with Gasteiger partial charge in [-0.05, 0) is 39.8 Å². The molecular formula is C14H17ClN2O5.